The highest BCUT2D eigenvalue weighted by Gasteiger charge is 2.24. The van der Waals surface area contributed by atoms with Gasteiger partial charge in [0.05, 0.1) is 5.69 Å². The number of amidine groups is 1. The van der Waals surface area contributed by atoms with Gasteiger partial charge in [0.2, 0.25) is 5.91 Å². The van der Waals surface area contributed by atoms with Gasteiger partial charge in [0.15, 0.2) is 10.3 Å². The summed E-state index contributed by atoms with van der Waals surface area (Å²) in [6.07, 6.45) is 0.417. The second-order valence-corrected chi connectivity index (χ2v) is 5.18. The van der Waals surface area contributed by atoms with E-state index in [0.29, 0.717) is 28.8 Å². The van der Waals surface area contributed by atoms with E-state index in [1.165, 1.54) is 11.8 Å². The van der Waals surface area contributed by atoms with Crippen molar-refractivity contribution in [1.29, 1.82) is 0 Å². The Kier molecular flexibility index (Phi) is 4.04. The van der Waals surface area contributed by atoms with E-state index in [4.69, 9.17) is 11.6 Å². The van der Waals surface area contributed by atoms with Crippen LogP contribution in [-0.4, -0.2) is 22.7 Å². The smallest absolute Gasteiger partial charge is 0.230 e. The van der Waals surface area contributed by atoms with Crippen LogP contribution in [-0.2, 0) is 9.59 Å². The van der Waals surface area contributed by atoms with E-state index in [0.717, 1.165) is 11.8 Å². The minimum Gasteiger partial charge on any atom is -0.287 e. The van der Waals surface area contributed by atoms with Crippen molar-refractivity contribution in [2.75, 3.05) is 11.4 Å². The molecule has 1 aliphatic heterocycles. The Morgan fingerprint density at radius 2 is 2.06 bits per heavy atom. The number of halogens is 1. The van der Waals surface area contributed by atoms with Crippen molar-refractivity contribution < 1.29 is 9.59 Å². The first kappa shape index (κ1) is 13.1. The normalized spacial score (nSPS) is 15.2. The Morgan fingerprint density at radius 3 is 2.61 bits per heavy atom. The van der Waals surface area contributed by atoms with Gasteiger partial charge in [0.1, 0.15) is 0 Å². The maximum Gasteiger partial charge on any atom is 0.230 e. The molecule has 94 valence electrons. The first-order valence-electron chi connectivity index (χ1n) is 5.39. The van der Waals surface area contributed by atoms with Crippen LogP contribution in [0.25, 0.3) is 0 Å². The summed E-state index contributed by atoms with van der Waals surface area (Å²) in [5, 5.41) is 1.05. The average Bonchev–Trinajstić information content (AvgIpc) is 2.32. The quantitative estimate of drug-likeness (QED) is 0.796. The highest BCUT2D eigenvalue weighted by atomic mass is 35.5. The molecule has 2 rings (SSSR count). The Bertz CT molecular complexity index is 513. The van der Waals surface area contributed by atoms with E-state index in [1.807, 2.05) is 0 Å². The van der Waals surface area contributed by atoms with E-state index >= 15 is 0 Å². The Hall–Kier alpha value is -1.33. The van der Waals surface area contributed by atoms with Crippen LogP contribution in [0.4, 0.5) is 5.69 Å². The number of hydrogen-bond donors (Lipinski definition) is 0. The molecule has 1 amide bonds. The van der Waals surface area contributed by atoms with E-state index in [2.05, 4.69) is 4.99 Å². The predicted molar refractivity (Wildman–Crippen MR) is 74.1 cm³/mol. The minimum absolute atomic E-state index is 0.0280. The molecule has 0 bridgehead atoms. The Labute approximate surface area is 114 Å². The maximum absolute atomic E-state index is 11.7. The van der Waals surface area contributed by atoms with Crippen LogP contribution < -0.4 is 4.90 Å². The Morgan fingerprint density at radius 1 is 1.39 bits per heavy atom. The molecule has 18 heavy (non-hydrogen) atoms. The molecule has 4 nitrogen and oxygen atoms in total. The van der Waals surface area contributed by atoms with Gasteiger partial charge in [-0.3, -0.25) is 19.5 Å². The van der Waals surface area contributed by atoms with Crippen LogP contribution in [0, 0.1) is 0 Å². The van der Waals surface area contributed by atoms with Crippen LogP contribution in [0.5, 0.6) is 0 Å². The molecule has 0 aliphatic carbocycles. The molecular weight excluding hydrogens is 272 g/mol. The zero-order valence-electron chi connectivity index (χ0n) is 9.72. The number of carbonyl (C=O) groups excluding carboxylic acids is 2. The molecule has 1 aliphatic rings. The molecule has 0 spiro atoms. The second-order valence-electron chi connectivity index (χ2n) is 3.72. The molecule has 0 fully saturated rings. The zero-order valence-corrected chi connectivity index (χ0v) is 11.3. The van der Waals surface area contributed by atoms with E-state index in [1.54, 1.807) is 24.3 Å². The van der Waals surface area contributed by atoms with Gasteiger partial charge in [0.25, 0.3) is 0 Å². The van der Waals surface area contributed by atoms with Crippen molar-refractivity contribution in [2.24, 2.45) is 4.99 Å². The van der Waals surface area contributed by atoms with Gasteiger partial charge in [-0.1, -0.05) is 11.6 Å². The molecule has 1 heterocycles. The molecule has 6 heteroatoms. The van der Waals surface area contributed by atoms with Crippen molar-refractivity contribution in [1.82, 2.24) is 0 Å². The lowest BCUT2D eigenvalue weighted by Gasteiger charge is -2.23. The number of amides is 1. The summed E-state index contributed by atoms with van der Waals surface area (Å²) in [5.41, 5.74) is 0.660. The second kappa shape index (κ2) is 5.54. The van der Waals surface area contributed by atoms with E-state index in [-0.39, 0.29) is 11.0 Å². The lowest BCUT2D eigenvalue weighted by atomic mass is 10.3. The maximum atomic E-state index is 11.7. The highest BCUT2D eigenvalue weighted by molar-refractivity contribution is 8.26. The number of carbonyl (C=O) groups is 2. The van der Waals surface area contributed by atoms with Gasteiger partial charge >= 0.3 is 0 Å². The lowest BCUT2D eigenvalue weighted by molar-refractivity contribution is -0.115. The van der Waals surface area contributed by atoms with Crippen molar-refractivity contribution in [3.05, 3.63) is 29.3 Å². The lowest BCUT2D eigenvalue weighted by Crippen LogP contribution is -2.35. The monoisotopic (exact) mass is 282 g/mol. The molecule has 0 unspecified atom stereocenters. The third-order valence-corrected chi connectivity index (χ3v) is 3.54. The fourth-order valence-corrected chi connectivity index (χ4v) is 2.57. The molecule has 0 N–H and O–H groups in total. The third-order valence-electron chi connectivity index (χ3n) is 2.36. The summed E-state index contributed by atoms with van der Waals surface area (Å²) in [6.45, 7) is 1.87. The van der Waals surface area contributed by atoms with Crippen LogP contribution in [0.15, 0.2) is 29.3 Å². The Balaban J connectivity index is 2.34. The molecule has 1 aromatic rings. The van der Waals surface area contributed by atoms with Gasteiger partial charge in [-0.2, -0.15) is 0 Å². The minimum atomic E-state index is -0.182. The number of aliphatic imine (C=N–C) groups is 1. The predicted octanol–water partition coefficient (Wildman–Crippen LogP) is 2.71. The van der Waals surface area contributed by atoms with E-state index < -0.39 is 0 Å². The van der Waals surface area contributed by atoms with Crippen molar-refractivity contribution in [2.45, 2.75) is 13.3 Å². The largest absolute Gasteiger partial charge is 0.287 e. The molecule has 0 saturated carbocycles. The van der Waals surface area contributed by atoms with Gasteiger partial charge in [-0.25, -0.2) is 0 Å². The topological polar surface area (TPSA) is 49.7 Å². The summed E-state index contributed by atoms with van der Waals surface area (Å²) >= 11 is 6.82. The fraction of sp³-hybridized carbons (Fsp3) is 0.250. The standard InChI is InChI=1S/C12H11ClN2O2S/c1-8(16)15(10-4-2-9(13)3-5-10)12-14-7-6-11(17)18-12/h2-5H,6-7H2,1H3. The highest BCUT2D eigenvalue weighted by Crippen LogP contribution is 2.25. The third kappa shape index (κ3) is 2.91. The summed E-state index contributed by atoms with van der Waals surface area (Å²) in [6, 6.07) is 6.85. The number of nitrogens with zero attached hydrogens (tertiary/aromatic N) is 2. The molecule has 1 aromatic carbocycles. The van der Waals surface area contributed by atoms with Crippen LogP contribution >= 0.6 is 23.4 Å². The molecule has 0 aromatic heterocycles. The van der Waals surface area contributed by atoms with Gasteiger partial charge in [-0.05, 0) is 36.0 Å². The first-order valence-corrected chi connectivity index (χ1v) is 6.59. The summed E-state index contributed by atoms with van der Waals surface area (Å²) in [5.74, 6) is -0.182. The fourth-order valence-electron chi connectivity index (χ4n) is 1.56. The van der Waals surface area contributed by atoms with Crippen molar-refractivity contribution in [3.63, 3.8) is 0 Å². The zero-order chi connectivity index (χ0) is 13.1. The number of thioether (sulfide) groups is 1. The molecule has 0 atom stereocenters. The van der Waals surface area contributed by atoms with Crippen LogP contribution in [0.1, 0.15) is 13.3 Å². The SMILES string of the molecule is CC(=O)N(C1=NCCC(=O)S1)c1ccc(Cl)cc1. The average molecular weight is 283 g/mol. The number of anilines is 1. The summed E-state index contributed by atoms with van der Waals surface area (Å²) in [4.78, 5) is 28.8. The first-order chi connectivity index (χ1) is 8.58. The van der Waals surface area contributed by atoms with Crippen molar-refractivity contribution in [3.8, 4) is 0 Å². The number of hydrogen-bond acceptors (Lipinski definition) is 4. The summed E-state index contributed by atoms with van der Waals surface area (Å²) in [7, 11) is 0. The van der Waals surface area contributed by atoms with Crippen LogP contribution in [0.2, 0.25) is 5.02 Å². The molecular formula is C12H11ClN2O2S. The van der Waals surface area contributed by atoms with Crippen molar-refractivity contribution >= 4 is 45.2 Å². The number of benzene rings is 1. The molecule has 0 saturated heterocycles. The van der Waals surface area contributed by atoms with Crippen LogP contribution in [0.3, 0.4) is 0 Å². The summed E-state index contributed by atoms with van der Waals surface area (Å²) < 4.78 is 0. The molecule has 0 radical (unpaired) electrons. The van der Waals surface area contributed by atoms with Gasteiger partial charge < -0.3 is 0 Å². The van der Waals surface area contributed by atoms with Gasteiger partial charge in [0, 0.05) is 24.9 Å². The van der Waals surface area contributed by atoms with Gasteiger partial charge in [-0.15, -0.1) is 0 Å². The number of rotatable bonds is 1. The van der Waals surface area contributed by atoms with E-state index in [9.17, 15) is 9.59 Å².